The van der Waals surface area contributed by atoms with Gasteiger partial charge in [0.05, 0.1) is 0 Å². The van der Waals surface area contributed by atoms with Crippen LogP contribution in [0.3, 0.4) is 0 Å². The van der Waals surface area contributed by atoms with Gasteiger partial charge in [0.15, 0.2) is 11.6 Å². The minimum atomic E-state index is -1.60. The number of rotatable bonds is 2. The van der Waals surface area contributed by atoms with Crippen molar-refractivity contribution in [3.63, 3.8) is 0 Å². The SMILES string of the molecule is C[C@]12CCC(=O)C=C1CC[C@@H]1[C@@H]2C(=O)C[C@@]2(C)[C@H]1CCC2(O)C(=O)CO. The van der Waals surface area contributed by atoms with Crippen molar-refractivity contribution in [1.82, 2.24) is 0 Å². The van der Waals surface area contributed by atoms with Crippen molar-refractivity contribution < 1.29 is 24.6 Å². The molecule has 0 spiro atoms. The van der Waals surface area contributed by atoms with Crippen LogP contribution in [-0.2, 0) is 14.4 Å². The fraction of sp³-hybridized carbons (Fsp3) is 0.762. The minimum absolute atomic E-state index is 0.0988. The first kappa shape index (κ1) is 18.1. The van der Waals surface area contributed by atoms with Gasteiger partial charge in [-0.3, -0.25) is 14.4 Å². The van der Waals surface area contributed by atoms with E-state index in [9.17, 15) is 24.6 Å². The summed E-state index contributed by atoms with van der Waals surface area (Å²) >= 11 is 0. The molecule has 0 radical (unpaired) electrons. The van der Waals surface area contributed by atoms with E-state index < -0.39 is 23.4 Å². The minimum Gasteiger partial charge on any atom is -0.388 e. The summed E-state index contributed by atoms with van der Waals surface area (Å²) in [5.74, 6) is -0.172. The van der Waals surface area contributed by atoms with E-state index in [2.05, 4.69) is 6.92 Å². The molecule has 26 heavy (non-hydrogen) atoms. The fourth-order valence-electron chi connectivity index (χ4n) is 6.98. The van der Waals surface area contributed by atoms with Gasteiger partial charge in [0.2, 0.25) is 0 Å². The summed E-state index contributed by atoms with van der Waals surface area (Å²) in [4.78, 5) is 37.5. The van der Waals surface area contributed by atoms with E-state index in [1.807, 2.05) is 6.92 Å². The molecule has 142 valence electrons. The van der Waals surface area contributed by atoms with Crippen molar-refractivity contribution in [2.24, 2.45) is 28.6 Å². The molecular formula is C21H28O5. The molecule has 0 aromatic heterocycles. The fourth-order valence-corrected chi connectivity index (χ4v) is 6.98. The van der Waals surface area contributed by atoms with Crippen molar-refractivity contribution in [2.75, 3.05) is 6.61 Å². The molecule has 4 rings (SSSR count). The molecule has 0 aromatic carbocycles. The number of carbonyl (C=O) groups excluding carboxylic acids is 3. The monoisotopic (exact) mass is 360 g/mol. The number of Topliss-reactive ketones (excluding diaryl/α,β-unsaturated/α-hetero) is 2. The van der Waals surface area contributed by atoms with Gasteiger partial charge in [-0.1, -0.05) is 19.4 Å². The predicted molar refractivity (Wildman–Crippen MR) is 94.1 cm³/mol. The van der Waals surface area contributed by atoms with Gasteiger partial charge in [0.1, 0.15) is 18.0 Å². The number of fused-ring (bicyclic) bond motifs is 5. The molecule has 4 aliphatic carbocycles. The molecule has 2 N–H and O–H groups in total. The van der Waals surface area contributed by atoms with E-state index in [1.54, 1.807) is 6.08 Å². The maximum Gasteiger partial charge on any atom is 0.190 e. The standard InChI is InChI=1S/C21H28O5/c1-19-7-5-13(23)9-12(19)3-4-14-15-6-8-21(26,17(25)11-22)20(15,2)10-16(24)18(14)19/h9,14-15,18,22,26H,3-8,10-11H2,1-2H3/t14-,15-,18+,19-,20-,21?/m0/s1. The summed E-state index contributed by atoms with van der Waals surface area (Å²) in [6, 6.07) is 0. The van der Waals surface area contributed by atoms with Crippen molar-refractivity contribution in [3.05, 3.63) is 11.6 Å². The lowest BCUT2D eigenvalue weighted by molar-refractivity contribution is -0.170. The van der Waals surface area contributed by atoms with E-state index in [0.717, 1.165) is 18.4 Å². The van der Waals surface area contributed by atoms with Crippen LogP contribution in [0, 0.1) is 28.6 Å². The highest BCUT2D eigenvalue weighted by atomic mass is 16.3. The van der Waals surface area contributed by atoms with E-state index >= 15 is 0 Å². The number of ketones is 3. The lowest BCUT2D eigenvalue weighted by atomic mass is 9.46. The number of carbonyl (C=O) groups is 3. The molecule has 1 unspecified atom stereocenters. The molecule has 0 aromatic rings. The first-order chi connectivity index (χ1) is 12.2. The zero-order valence-electron chi connectivity index (χ0n) is 15.6. The largest absolute Gasteiger partial charge is 0.388 e. The van der Waals surface area contributed by atoms with Crippen LogP contribution in [0.2, 0.25) is 0 Å². The maximum atomic E-state index is 13.3. The second-order valence-corrected chi connectivity index (χ2v) is 9.38. The molecule has 3 saturated carbocycles. The second kappa shape index (κ2) is 5.59. The average molecular weight is 360 g/mol. The molecule has 3 fully saturated rings. The van der Waals surface area contributed by atoms with E-state index in [4.69, 9.17) is 0 Å². The Morgan fingerprint density at radius 1 is 1.19 bits per heavy atom. The molecule has 0 amide bonds. The van der Waals surface area contributed by atoms with Crippen molar-refractivity contribution >= 4 is 17.3 Å². The molecule has 4 aliphatic rings. The molecule has 0 bridgehead atoms. The molecule has 5 heteroatoms. The first-order valence-electron chi connectivity index (χ1n) is 9.80. The molecule has 0 aliphatic heterocycles. The van der Waals surface area contributed by atoms with Crippen LogP contribution in [0.25, 0.3) is 0 Å². The zero-order chi connectivity index (χ0) is 18.9. The van der Waals surface area contributed by atoms with Crippen LogP contribution in [0.1, 0.15) is 58.8 Å². The van der Waals surface area contributed by atoms with Gasteiger partial charge >= 0.3 is 0 Å². The number of allylic oxidation sites excluding steroid dienone is 1. The van der Waals surface area contributed by atoms with Gasteiger partial charge in [-0.15, -0.1) is 0 Å². The molecular weight excluding hydrogens is 332 g/mol. The summed E-state index contributed by atoms with van der Waals surface area (Å²) in [5.41, 5.74) is -1.55. The summed E-state index contributed by atoms with van der Waals surface area (Å²) in [5, 5.41) is 20.5. The van der Waals surface area contributed by atoms with Gasteiger partial charge in [0.25, 0.3) is 0 Å². The normalized spacial score (nSPS) is 47.7. The topological polar surface area (TPSA) is 91.7 Å². The highest BCUT2D eigenvalue weighted by Gasteiger charge is 2.68. The van der Waals surface area contributed by atoms with E-state index in [1.165, 1.54) is 0 Å². The van der Waals surface area contributed by atoms with E-state index in [-0.39, 0.29) is 41.2 Å². The Morgan fingerprint density at radius 2 is 1.92 bits per heavy atom. The third kappa shape index (κ3) is 2.07. The molecule has 6 atom stereocenters. The average Bonchev–Trinajstić information content (AvgIpc) is 2.86. The Morgan fingerprint density at radius 3 is 2.62 bits per heavy atom. The number of aliphatic hydroxyl groups is 2. The first-order valence-corrected chi connectivity index (χ1v) is 9.80. The summed E-state index contributed by atoms with van der Waals surface area (Å²) < 4.78 is 0. The highest BCUT2D eigenvalue weighted by molar-refractivity contribution is 5.94. The molecule has 5 nitrogen and oxygen atoms in total. The van der Waals surface area contributed by atoms with Gasteiger partial charge < -0.3 is 10.2 Å². The lowest BCUT2D eigenvalue weighted by Crippen LogP contribution is -2.60. The lowest BCUT2D eigenvalue weighted by Gasteiger charge is -2.57. The number of hydrogen-bond donors (Lipinski definition) is 2. The predicted octanol–water partition coefficient (Wildman–Crippen LogP) is 1.99. The van der Waals surface area contributed by atoms with Crippen LogP contribution in [0.15, 0.2) is 11.6 Å². The van der Waals surface area contributed by atoms with Crippen LogP contribution >= 0.6 is 0 Å². The van der Waals surface area contributed by atoms with Gasteiger partial charge in [-0.05, 0) is 55.4 Å². The van der Waals surface area contributed by atoms with Crippen LogP contribution < -0.4 is 0 Å². The molecule has 0 heterocycles. The maximum absolute atomic E-state index is 13.3. The Balaban J connectivity index is 1.75. The Kier molecular flexibility index (Phi) is 3.88. The summed E-state index contributed by atoms with van der Waals surface area (Å²) in [7, 11) is 0. The Labute approximate surface area is 153 Å². The van der Waals surface area contributed by atoms with Gasteiger partial charge in [-0.25, -0.2) is 0 Å². The second-order valence-electron chi connectivity index (χ2n) is 9.38. The number of hydrogen-bond acceptors (Lipinski definition) is 5. The van der Waals surface area contributed by atoms with Crippen LogP contribution in [-0.4, -0.2) is 39.8 Å². The van der Waals surface area contributed by atoms with Crippen molar-refractivity contribution in [2.45, 2.75) is 64.4 Å². The molecule has 0 saturated heterocycles. The van der Waals surface area contributed by atoms with E-state index in [0.29, 0.717) is 25.7 Å². The summed E-state index contributed by atoms with van der Waals surface area (Å²) in [6.45, 7) is 3.31. The van der Waals surface area contributed by atoms with Gasteiger partial charge in [0, 0.05) is 24.2 Å². The summed E-state index contributed by atoms with van der Waals surface area (Å²) in [6.07, 6.45) is 5.83. The van der Waals surface area contributed by atoms with Gasteiger partial charge in [-0.2, -0.15) is 0 Å². The zero-order valence-corrected chi connectivity index (χ0v) is 15.6. The quantitative estimate of drug-likeness (QED) is 0.786. The number of aliphatic hydroxyl groups excluding tert-OH is 1. The third-order valence-corrected chi connectivity index (χ3v) is 8.41. The van der Waals surface area contributed by atoms with Crippen LogP contribution in [0.5, 0.6) is 0 Å². The Hall–Kier alpha value is -1.33. The van der Waals surface area contributed by atoms with Crippen LogP contribution in [0.4, 0.5) is 0 Å². The Bertz CT molecular complexity index is 724. The highest BCUT2D eigenvalue weighted by Crippen LogP contribution is 2.66. The van der Waals surface area contributed by atoms with Crippen molar-refractivity contribution in [3.8, 4) is 0 Å². The third-order valence-electron chi connectivity index (χ3n) is 8.41. The smallest absolute Gasteiger partial charge is 0.190 e. The van der Waals surface area contributed by atoms with Crippen molar-refractivity contribution in [1.29, 1.82) is 0 Å².